The van der Waals surface area contributed by atoms with Crippen molar-refractivity contribution >= 4 is 16.5 Å². The van der Waals surface area contributed by atoms with E-state index in [0.29, 0.717) is 5.75 Å². The van der Waals surface area contributed by atoms with Crippen molar-refractivity contribution in [2.24, 2.45) is 0 Å². The van der Waals surface area contributed by atoms with Crippen LogP contribution in [-0.4, -0.2) is 19.2 Å². The van der Waals surface area contributed by atoms with Gasteiger partial charge in [-0.2, -0.15) is 0 Å². The lowest BCUT2D eigenvalue weighted by atomic mass is 10.1. The molecule has 2 nitrogen and oxygen atoms in total. The summed E-state index contributed by atoms with van der Waals surface area (Å²) < 4.78 is 0. The number of anilines is 1. The summed E-state index contributed by atoms with van der Waals surface area (Å²) in [5.74, 6) is 0.341. The van der Waals surface area contributed by atoms with E-state index in [0.717, 1.165) is 16.5 Å². The summed E-state index contributed by atoms with van der Waals surface area (Å²) in [4.78, 5) is 2.05. The lowest BCUT2D eigenvalue weighted by Crippen LogP contribution is -2.07. The van der Waals surface area contributed by atoms with Gasteiger partial charge in [-0.1, -0.05) is 12.1 Å². The highest BCUT2D eigenvalue weighted by atomic mass is 16.3. The number of hydrogen-bond acceptors (Lipinski definition) is 2. The highest BCUT2D eigenvalue weighted by molar-refractivity contribution is 5.90. The Bertz CT molecular complexity index is 463. The van der Waals surface area contributed by atoms with Gasteiger partial charge in [-0.25, -0.2) is 0 Å². The quantitative estimate of drug-likeness (QED) is 0.741. The molecule has 1 N–H and O–H groups in total. The van der Waals surface area contributed by atoms with Crippen molar-refractivity contribution in [3.63, 3.8) is 0 Å². The van der Waals surface area contributed by atoms with E-state index in [1.165, 1.54) is 0 Å². The highest BCUT2D eigenvalue weighted by Gasteiger charge is 2.00. The molecular formula is C12H13NO. The number of aromatic hydroxyl groups is 1. The molecule has 0 aromatic heterocycles. The zero-order valence-electron chi connectivity index (χ0n) is 8.36. The van der Waals surface area contributed by atoms with Crippen LogP contribution in [0.1, 0.15) is 0 Å². The Morgan fingerprint density at radius 1 is 1.07 bits per heavy atom. The molecule has 0 heterocycles. The Balaban J connectivity index is 2.67. The SMILES string of the molecule is CN(C)c1ccc2c(O)cccc2c1. The van der Waals surface area contributed by atoms with Crippen LogP contribution in [-0.2, 0) is 0 Å². The van der Waals surface area contributed by atoms with Gasteiger partial charge in [0.2, 0.25) is 0 Å². The molecular weight excluding hydrogens is 174 g/mol. The predicted octanol–water partition coefficient (Wildman–Crippen LogP) is 2.61. The van der Waals surface area contributed by atoms with Gasteiger partial charge in [0.1, 0.15) is 5.75 Å². The second-order valence-electron chi connectivity index (χ2n) is 3.58. The Labute approximate surface area is 83.4 Å². The van der Waals surface area contributed by atoms with Crippen LogP contribution < -0.4 is 4.90 Å². The molecule has 0 aliphatic heterocycles. The fourth-order valence-electron chi connectivity index (χ4n) is 1.53. The lowest BCUT2D eigenvalue weighted by Gasteiger charge is -2.13. The third kappa shape index (κ3) is 1.39. The fourth-order valence-corrected chi connectivity index (χ4v) is 1.53. The normalized spacial score (nSPS) is 10.4. The Kier molecular flexibility index (Phi) is 2.04. The van der Waals surface area contributed by atoms with Crippen LogP contribution in [0.5, 0.6) is 5.75 Å². The van der Waals surface area contributed by atoms with E-state index in [2.05, 4.69) is 6.07 Å². The largest absolute Gasteiger partial charge is 0.507 e. The van der Waals surface area contributed by atoms with E-state index in [9.17, 15) is 5.11 Å². The van der Waals surface area contributed by atoms with E-state index in [-0.39, 0.29) is 0 Å². The molecule has 72 valence electrons. The van der Waals surface area contributed by atoms with Crippen LogP contribution in [0.4, 0.5) is 5.69 Å². The van der Waals surface area contributed by atoms with E-state index in [1.807, 2.05) is 43.3 Å². The number of hydrogen-bond donors (Lipinski definition) is 1. The molecule has 0 saturated heterocycles. The number of fused-ring (bicyclic) bond motifs is 1. The van der Waals surface area contributed by atoms with Gasteiger partial charge in [0, 0.05) is 25.2 Å². The maximum atomic E-state index is 9.59. The second kappa shape index (κ2) is 3.22. The molecule has 2 aromatic carbocycles. The molecule has 2 aromatic rings. The standard InChI is InChI=1S/C12H13NO/c1-13(2)10-6-7-11-9(8-10)4-3-5-12(11)14/h3-8,14H,1-2H3. The number of nitrogens with zero attached hydrogens (tertiary/aromatic N) is 1. The molecule has 0 atom stereocenters. The Morgan fingerprint density at radius 2 is 1.86 bits per heavy atom. The van der Waals surface area contributed by atoms with E-state index in [4.69, 9.17) is 0 Å². The van der Waals surface area contributed by atoms with Gasteiger partial charge in [0.15, 0.2) is 0 Å². The minimum absolute atomic E-state index is 0.341. The molecule has 2 heteroatoms. The molecule has 0 unspecified atom stereocenters. The second-order valence-corrected chi connectivity index (χ2v) is 3.58. The monoisotopic (exact) mass is 187 g/mol. The van der Waals surface area contributed by atoms with E-state index in [1.54, 1.807) is 6.07 Å². The molecule has 0 amide bonds. The van der Waals surface area contributed by atoms with Gasteiger partial charge >= 0.3 is 0 Å². The van der Waals surface area contributed by atoms with Gasteiger partial charge in [-0.15, -0.1) is 0 Å². The van der Waals surface area contributed by atoms with Crippen molar-refractivity contribution in [3.8, 4) is 5.75 Å². The summed E-state index contributed by atoms with van der Waals surface area (Å²) in [6.07, 6.45) is 0. The Morgan fingerprint density at radius 3 is 2.57 bits per heavy atom. The van der Waals surface area contributed by atoms with E-state index >= 15 is 0 Å². The van der Waals surface area contributed by atoms with Gasteiger partial charge in [-0.3, -0.25) is 0 Å². The molecule has 0 radical (unpaired) electrons. The maximum Gasteiger partial charge on any atom is 0.123 e. The van der Waals surface area contributed by atoms with Crippen LogP contribution >= 0.6 is 0 Å². The van der Waals surface area contributed by atoms with Gasteiger partial charge in [0.05, 0.1) is 0 Å². The fraction of sp³-hybridized carbons (Fsp3) is 0.167. The molecule has 0 spiro atoms. The van der Waals surface area contributed by atoms with Gasteiger partial charge in [-0.05, 0) is 29.7 Å². The summed E-state index contributed by atoms with van der Waals surface area (Å²) in [5, 5.41) is 11.6. The smallest absolute Gasteiger partial charge is 0.123 e. The maximum absolute atomic E-state index is 9.59. The van der Waals surface area contributed by atoms with Crippen LogP contribution in [0.2, 0.25) is 0 Å². The minimum Gasteiger partial charge on any atom is -0.507 e. The number of phenolic OH excluding ortho intramolecular Hbond substituents is 1. The van der Waals surface area contributed by atoms with Crippen LogP contribution in [0.25, 0.3) is 10.8 Å². The molecule has 2 rings (SSSR count). The van der Waals surface area contributed by atoms with Gasteiger partial charge in [0.25, 0.3) is 0 Å². The van der Waals surface area contributed by atoms with E-state index < -0.39 is 0 Å². The van der Waals surface area contributed by atoms with Crippen molar-refractivity contribution in [1.29, 1.82) is 0 Å². The molecule has 0 saturated carbocycles. The van der Waals surface area contributed by atoms with Crippen LogP contribution in [0, 0.1) is 0 Å². The molecule has 0 fully saturated rings. The first-order valence-corrected chi connectivity index (χ1v) is 4.57. The van der Waals surface area contributed by atoms with Crippen molar-refractivity contribution in [2.45, 2.75) is 0 Å². The highest BCUT2D eigenvalue weighted by Crippen LogP contribution is 2.27. The molecule has 0 aliphatic rings. The predicted molar refractivity (Wildman–Crippen MR) is 59.9 cm³/mol. The zero-order valence-corrected chi connectivity index (χ0v) is 8.36. The van der Waals surface area contributed by atoms with Crippen molar-refractivity contribution in [1.82, 2.24) is 0 Å². The Hall–Kier alpha value is -1.70. The lowest BCUT2D eigenvalue weighted by molar-refractivity contribution is 0.481. The number of rotatable bonds is 1. The minimum atomic E-state index is 0.341. The van der Waals surface area contributed by atoms with Crippen molar-refractivity contribution < 1.29 is 5.11 Å². The molecule has 0 aliphatic carbocycles. The topological polar surface area (TPSA) is 23.5 Å². The van der Waals surface area contributed by atoms with Crippen molar-refractivity contribution in [2.75, 3.05) is 19.0 Å². The summed E-state index contributed by atoms with van der Waals surface area (Å²) in [6.45, 7) is 0. The third-order valence-electron chi connectivity index (χ3n) is 2.36. The van der Waals surface area contributed by atoms with Crippen molar-refractivity contribution in [3.05, 3.63) is 36.4 Å². The molecule has 0 bridgehead atoms. The van der Waals surface area contributed by atoms with Gasteiger partial charge < -0.3 is 10.0 Å². The van der Waals surface area contributed by atoms with Crippen LogP contribution in [0.15, 0.2) is 36.4 Å². The average Bonchev–Trinajstić information content (AvgIpc) is 2.17. The summed E-state index contributed by atoms with van der Waals surface area (Å²) >= 11 is 0. The summed E-state index contributed by atoms with van der Waals surface area (Å²) in [7, 11) is 4.01. The molecule has 14 heavy (non-hydrogen) atoms. The number of benzene rings is 2. The first-order valence-electron chi connectivity index (χ1n) is 4.57. The summed E-state index contributed by atoms with van der Waals surface area (Å²) in [5.41, 5.74) is 1.14. The zero-order chi connectivity index (χ0) is 10.1. The average molecular weight is 187 g/mol. The first kappa shape index (κ1) is 8.88. The third-order valence-corrected chi connectivity index (χ3v) is 2.36. The first-order chi connectivity index (χ1) is 6.68. The number of phenols is 1. The van der Waals surface area contributed by atoms with Crippen LogP contribution in [0.3, 0.4) is 0 Å². The summed E-state index contributed by atoms with van der Waals surface area (Å²) in [6, 6.07) is 11.6.